The van der Waals surface area contributed by atoms with Crippen molar-refractivity contribution < 1.29 is 37.7 Å². The lowest BCUT2D eigenvalue weighted by molar-refractivity contribution is -0.131. The first kappa shape index (κ1) is 31.0. The van der Waals surface area contributed by atoms with E-state index in [4.69, 9.17) is 14.2 Å². The number of carbonyl (C=O) groups excluding carboxylic acids is 2. The summed E-state index contributed by atoms with van der Waals surface area (Å²) in [4.78, 5) is 30.2. The molecule has 244 valence electrons. The van der Waals surface area contributed by atoms with E-state index < -0.39 is 35.0 Å². The molecule has 3 aromatic carbocycles. The predicted octanol–water partition coefficient (Wildman–Crippen LogP) is 5.31. The number of rotatable bonds is 12. The molecule has 1 saturated heterocycles. The van der Waals surface area contributed by atoms with Gasteiger partial charge in [0.15, 0.2) is 11.6 Å². The van der Waals surface area contributed by atoms with Crippen LogP contribution in [0.15, 0.2) is 72.9 Å². The van der Waals surface area contributed by atoms with E-state index in [1.165, 1.54) is 42.6 Å². The number of aliphatic hydroxyl groups is 1. The first-order chi connectivity index (χ1) is 22.7. The number of nitrogens with zero attached hydrogens (tertiary/aromatic N) is 1. The fraction of sp³-hybridized carbons (Fsp3) is 0.343. The minimum Gasteiger partial charge on any atom is -0.491 e. The number of aliphatic hydroxyl groups excluding tert-OH is 1. The lowest BCUT2D eigenvalue weighted by Crippen LogP contribution is -2.38. The maximum Gasteiger partial charge on any atom is 0.240 e. The standard InChI is InChI=1S/C35H34F2N4O6/c36-21-1-3-22(4-2-21)40-32(43)35(12-13-35)33(44)41-23-5-8-31(28(37)15-23)47-30-9-14-38-29-16-26(6-7-27(29)30)45-20-25(42)18-39-24-17-34(10-11-34)46-19-24/h1-9,14-16,24-25,39,42H,10-13,17-20H2,(H,40,43)(H,41,44). The summed E-state index contributed by atoms with van der Waals surface area (Å²) in [5, 5.41) is 19.7. The number of aromatic nitrogens is 1. The highest BCUT2D eigenvalue weighted by Gasteiger charge is 2.56. The van der Waals surface area contributed by atoms with Crippen molar-refractivity contribution in [2.75, 3.05) is 30.4 Å². The molecule has 2 heterocycles. The molecule has 12 heteroatoms. The van der Waals surface area contributed by atoms with Crippen molar-refractivity contribution in [1.82, 2.24) is 10.3 Å². The summed E-state index contributed by atoms with van der Waals surface area (Å²) in [6, 6.07) is 16.3. The highest BCUT2D eigenvalue weighted by Crippen LogP contribution is 2.48. The van der Waals surface area contributed by atoms with Gasteiger partial charge in [0, 0.05) is 47.7 Å². The molecule has 1 spiro atoms. The van der Waals surface area contributed by atoms with Gasteiger partial charge in [0.1, 0.15) is 35.4 Å². The average Bonchev–Trinajstić information content (AvgIpc) is 3.99. The van der Waals surface area contributed by atoms with E-state index in [1.54, 1.807) is 24.3 Å². The van der Waals surface area contributed by atoms with Gasteiger partial charge in [0.25, 0.3) is 0 Å². The largest absolute Gasteiger partial charge is 0.491 e. The Bertz CT molecular complexity index is 1810. The zero-order valence-corrected chi connectivity index (χ0v) is 25.4. The van der Waals surface area contributed by atoms with Crippen LogP contribution in [0.1, 0.15) is 32.1 Å². The number of anilines is 2. The van der Waals surface area contributed by atoms with Gasteiger partial charge in [-0.1, -0.05) is 0 Å². The molecule has 0 bridgehead atoms. The Morgan fingerprint density at radius 3 is 2.38 bits per heavy atom. The van der Waals surface area contributed by atoms with E-state index in [1.807, 2.05) is 0 Å². The predicted molar refractivity (Wildman–Crippen MR) is 169 cm³/mol. The fourth-order valence-electron chi connectivity index (χ4n) is 5.79. The lowest BCUT2D eigenvalue weighted by Gasteiger charge is -2.17. The van der Waals surface area contributed by atoms with E-state index in [9.17, 15) is 19.1 Å². The number of amides is 2. The Kier molecular flexibility index (Phi) is 8.25. The van der Waals surface area contributed by atoms with E-state index in [-0.39, 0.29) is 29.7 Å². The number of hydrogen-bond donors (Lipinski definition) is 4. The topological polar surface area (TPSA) is 131 Å². The Hall–Kier alpha value is -4.65. The Morgan fingerprint density at radius 2 is 1.68 bits per heavy atom. The SMILES string of the molecule is O=C(Nc1ccc(F)cc1)C1(C(=O)Nc2ccc(Oc3ccnc4cc(OCC(O)CNC5COC6(CC6)C5)ccc34)c(F)c2)CC1. The smallest absolute Gasteiger partial charge is 0.240 e. The van der Waals surface area contributed by atoms with Crippen LogP contribution in [-0.2, 0) is 14.3 Å². The van der Waals surface area contributed by atoms with Gasteiger partial charge in [-0.25, -0.2) is 8.78 Å². The van der Waals surface area contributed by atoms with Gasteiger partial charge in [-0.05, 0) is 86.7 Å². The number of hydrogen-bond acceptors (Lipinski definition) is 8. The van der Waals surface area contributed by atoms with Crippen molar-refractivity contribution in [3.05, 3.63) is 84.6 Å². The molecule has 7 rings (SSSR count). The third kappa shape index (κ3) is 6.90. The fourth-order valence-corrected chi connectivity index (χ4v) is 5.79. The third-order valence-corrected chi connectivity index (χ3v) is 8.91. The molecule has 0 radical (unpaired) electrons. The van der Waals surface area contributed by atoms with E-state index >= 15 is 4.39 Å². The van der Waals surface area contributed by atoms with Gasteiger partial charge in [0.2, 0.25) is 11.8 Å². The molecule has 1 aromatic heterocycles. The van der Waals surface area contributed by atoms with Crippen LogP contribution < -0.4 is 25.4 Å². The van der Waals surface area contributed by atoms with Crippen LogP contribution in [-0.4, -0.2) is 59.4 Å². The van der Waals surface area contributed by atoms with Crippen LogP contribution in [0, 0.1) is 17.0 Å². The third-order valence-electron chi connectivity index (χ3n) is 8.91. The van der Waals surface area contributed by atoms with Gasteiger partial charge < -0.3 is 35.3 Å². The van der Waals surface area contributed by atoms with Crippen molar-refractivity contribution >= 4 is 34.1 Å². The van der Waals surface area contributed by atoms with E-state index in [2.05, 4.69) is 20.9 Å². The van der Waals surface area contributed by atoms with Crippen molar-refractivity contribution in [2.24, 2.45) is 5.41 Å². The number of carbonyl (C=O) groups is 2. The summed E-state index contributed by atoms with van der Waals surface area (Å²) < 4.78 is 45.9. The summed E-state index contributed by atoms with van der Waals surface area (Å²) in [7, 11) is 0. The minimum atomic E-state index is -1.28. The van der Waals surface area contributed by atoms with Crippen molar-refractivity contribution in [3.8, 4) is 17.2 Å². The molecule has 2 saturated carbocycles. The minimum absolute atomic E-state index is 0.0677. The van der Waals surface area contributed by atoms with Crippen molar-refractivity contribution in [3.63, 3.8) is 0 Å². The summed E-state index contributed by atoms with van der Waals surface area (Å²) in [6.45, 7) is 1.16. The number of benzene rings is 3. The number of pyridine rings is 1. The second-order valence-electron chi connectivity index (χ2n) is 12.5. The normalized spacial score (nSPS) is 19.3. The molecule has 4 aromatic rings. The summed E-state index contributed by atoms with van der Waals surface area (Å²) in [5.74, 6) is -1.40. The Morgan fingerprint density at radius 1 is 0.936 bits per heavy atom. The van der Waals surface area contributed by atoms with Crippen LogP contribution in [0.25, 0.3) is 10.9 Å². The second-order valence-corrected chi connectivity index (χ2v) is 12.5. The van der Waals surface area contributed by atoms with E-state index in [0.29, 0.717) is 54.1 Å². The molecular formula is C35H34F2N4O6. The van der Waals surface area contributed by atoms with Gasteiger partial charge in [-0.3, -0.25) is 14.6 Å². The molecule has 2 unspecified atom stereocenters. The summed E-state index contributed by atoms with van der Waals surface area (Å²) in [6.07, 6.45) is 4.73. The molecule has 2 atom stereocenters. The second kappa shape index (κ2) is 12.5. The van der Waals surface area contributed by atoms with Gasteiger partial charge in [0.05, 0.1) is 17.7 Å². The highest BCUT2D eigenvalue weighted by atomic mass is 19.1. The maximum atomic E-state index is 15.2. The number of ether oxygens (including phenoxy) is 3. The van der Waals surface area contributed by atoms with Crippen molar-refractivity contribution in [1.29, 1.82) is 0 Å². The molecular weight excluding hydrogens is 610 g/mol. The molecule has 3 aliphatic rings. The van der Waals surface area contributed by atoms with Crippen LogP contribution >= 0.6 is 0 Å². The van der Waals surface area contributed by atoms with Gasteiger partial charge in [-0.2, -0.15) is 0 Å². The maximum absolute atomic E-state index is 15.2. The molecule has 47 heavy (non-hydrogen) atoms. The quantitative estimate of drug-likeness (QED) is 0.153. The van der Waals surface area contributed by atoms with Gasteiger partial charge >= 0.3 is 0 Å². The highest BCUT2D eigenvalue weighted by molar-refractivity contribution is 6.16. The molecule has 2 amide bonds. The number of fused-ring (bicyclic) bond motifs is 1. The molecule has 3 fully saturated rings. The monoisotopic (exact) mass is 644 g/mol. The Labute approximate surface area is 269 Å². The first-order valence-corrected chi connectivity index (χ1v) is 15.6. The van der Waals surface area contributed by atoms with Gasteiger partial charge in [-0.15, -0.1) is 0 Å². The number of nitrogens with one attached hydrogen (secondary N) is 3. The van der Waals surface area contributed by atoms with Crippen LogP contribution in [0.4, 0.5) is 20.2 Å². The number of halogens is 2. The lowest BCUT2D eigenvalue weighted by atomic mass is 10.0. The zero-order chi connectivity index (χ0) is 32.6. The Balaban J connectivity index is 0.941. The van der Waals surface area contributed by atoms with E-state index in [0.717, 1.165) is 25.3 Å². The van der Waals surface area contributed by atoms with Crippen LogP contribution in [0.2, 0.25) is 0 Å². The van der Waals surface area contributed by atoms with Crippen molar-refractivity contribution in [2.45, 2.75) is 49.9 Å². The first-order valence-electron chi connectivity index (χ1n) is 15.6. The molecule has 2 aliphatic carbocycles. The molecule has 1 aliphatic heterocycles. The van der Waals surface area contributed by atoms with Crippen LogP contribution in [0.3, 0.4) is 0 Å². The van der Waals surface area contributed by atoms with Crippen LogP contribution in [0.5, 0.6) is 17.2 Å². The summed E-state index contributed by atoms with van der Waals surface area (Å²) in [5.41, 5.74) is -0.0930. The summed E-state index contributed by atoms with van der Waals surface area (Å²) >= 11 is 0. The molecule has 10 nitrogen and oxygen atoms in total. The molecule has 4 N–H and O–H groups in total. The average molecular weight is 645 g/mol. The zero-order valence-electron chi connectivity index (χ0n) is 25.4.